The summed E-state index contributed by atoms with van der Waals surface area (Å²) in [6.07, 6.45) is 0.868. The molecule has 0 aliphatic rings. The Hall–Kier alpha value is -1.71. The maximum Gasteiger partial charge on any atom is 0.193 e. The highest BCUT2D eigenvalue weighted by Crippen LogP contribution is 2.18. The molecule has 0 saturated heterocycles. The van der Waals surface area contributed by atoms with Gasteiger partial charge < -0.3 is 4.74 Å². The zero-order chi connectivity index (χ0) is 15.2. The van der Waals surface area contributed by atoms with E-state index in [0.29, 0.717) is 33.4 Å². The Bertz CT molecular complexity index is 650. The van der Waals surface area contributed by atoms with Crippen LogP contribution in [0.25, 0.3) is 0 Å². The predicted molar refractivity (Wildman–Crippen MR) is 89.3 cm³/mol. The molecule has 0 bridgehead atoms. The number of ether oxygens (including phenoxy) is 1. The Morgan fingerprint density at radius 2 is 1.71 bits per heavy atom. The van der Waals surface area contributed by atoms with Gasteiger partial charge in [-0.2, -0.15) is 0 Å². The van der Waals surface area contributed by atoms with Gasteiger partial charge in [0, 0.05) is 21.7 Å². The van der Waals surface area contributed by atoms with Crippen LogP contribution in [0.2, 0.25) is 5.02 Å². The summed E-state index contributed by atoms with van der Waals surface area (Å²) in [4.78, 5) is 12.6. The number of carbonyl (C=O) groups excluding carboxylic acids is 1. The molecule has 2 rings (SSSR count). The SMILES string of the molecule is CCCOC(=S)c1ccccc1C(=O)c1ccc(Cl)cc1. The van der Waals surface area contributed by atoms with Crippen molar-refractivity contribution in [2.24, 2.45) is 0 Å². The fourth-order valence-corrected chi connectivity index (χ4v) is 2.28. The van der Waals surface area contributed by atoms with E-state index in [1.165, 1.54) is 0 Å². The van der Waals surface area contributed by atoms with E-state index in [2.05, 4.69) is 0 Å². The smallest absolute Gasteiger partial charge is 0.193 e. The summed E-state index contributed by atoms with van der Waals surface area (Å²) in [5.41, 5.74) is 1.77. The molecule has 0 atom stereocenters. The van der Waals surface area contributed by atoms with E-state index in [4.69, 9.17) is 28.6 Å². The van der Waals surface area contributed by atoms with Gasteiger partial charge in [-0.3, -0.25) is 4.79 Å². The van der Waals surface area contributed by atoms with E-state index < -0.39 is 0 Å². The van der Waals surface area contributed by atoms with Crippen LogP contribution in [0.15, 0.2) is 48.5 Å². The van der Waals surface area contributed by atoms with E-state index in [-0.39, 0.29) is 5.78 Å². The first-order chi connectivity index (χ1) is 10.1. The van der Waals surface area contributed by atoms with Crippen molar-refractivity contribution in [3.05, 3.63) is 70.2 Å². The molecule has 0 fully saturated rings. The number of hydrogen-bond acceptors (Lipinski definition) is 3. The van der Waals surface area contributed by atoms with Gasteiger partial charge in [-0.15, -0.1) is 0 Å². The van der Waals surface area contributed by atoms with Crippen LogP contribution in [-0.2, 0) is 4.74 Å². The summed E-state index contributed by atoms with van der Waals surface area (Å²) < 4.78 is 5.48. The van der Waals surface area contributed by atoms with Crippen molar-refractivity contribution < 1.29 is 9.53 Å². The molecule has 0 saturated carbocycles. The van der Waals surface area contributed by atoms with Gasteiger partial charge in [-0.1, -0.05) is 36.7 Å². The lowest BCUT2D eigenvalue weighted by atomic mass is 9.99. The van der Waals surface area contributed by atoms with Gasteiger partial charge in [-0.05, 0) is 49.0 Å². The standard InChI is InChI=1S/C17H15ClO2S/c1-2-11-20-17(21)15-6-4-3-5-14(15)16(19)12-7-9-13(18)10-8-12/h3-10H,2,11H2,1H3. The van der Waals surface area contributed by atoms with Gasteiger partial charge in [-0.25, -0.2) is 0 Å². The Kier molecular flexibility index (Phi) is 5.48. The molecule has 0 amide bonds. The molecular weight excluding hydrogens is 304 g/mol. The molecule has 2 nitrogen and oxygen atoms in total. The van der Waals surface area contributed by atoms with Crippen molar-refractivity contribution in [1.82, 2.24) is 0 Å². The number of hydrogen-bond donors (Lipinski definition) is 0. The molecular formula is C17H15ClO2S. The summed E-state index contributed by atoms with van der Waals surface area (Å²) in [6.45, 7) is 2.55. The highest BCUT2D eigenvalue weighted by Gasteiger charge is 2.16. The van der Waals surface area contributed by atoms with Crippen molar-refractivity contribution in [2.75, 3.05) is 6.61 Å². The monoisotopic (exact) mass is 318 g/mol. The molecule has 0 N–H and O–H groups in total. The van der Waals surface area contributed by atoms with Crippen molar-refractivity contribution in [3.8, 4) is 0 Å². The molecule has 0 radical (unpaired) electrons. The van der Waals surface area contributed by atoms with Crippen molar-refractivity contribution >= 4 is 34.7 Å². The third kappa shape index (κ3) is 3.90. The van der Waals surface area contributed by atoms with Crippen molar-refractivity contribution in [3.63, 3.8) is 0 Å². The molecule has 0 spiro atoms. The van der Waals surface area contributed by atoms with Crippen LogP contribution in [0.1, 0.15) is 34.8 Å². The summed E-state index contributed by atoms with van der Waals surface area (Å²) in [5.74, 6) is -0.0929. The number of thiocarbonyl (C=S) groups is 1. The lowest BCUT2D eigenvalue weighted by molar-refractivity contribution is 0.103. The Morgan fingerprint density at radius 3 is 2.33 bits per heavy atom. The van der Waals surface area contributed by atoms with Gasteiger partial charge in [0.2, 0.25) is 0 Å². The van der Waals surface area contributed by atoms with E-state index in [1.807, 2.05) is 19.1 Å². The van der Waals surface area contributed by atoms with Gasteiger partial charge in [0.1, 0.15) is 0 Å². The minimum atomic E-state index is -0.0929. The average Bonchev–Trinajstić information content (AvgIpc) is 2.52. The summed E-state index contributed by atoms with van der Waals surface area (Å²) in [7, 11) is 0. The number of halogens is 1. The van der Waals surface area contributed by atoms with Crippen LogP contribution >= 0.6 is 23.8 Å². The van der Waals surface area contributed by atoms with Crippen molar-refractivity contribution in [2.45, 2.75) is 13.3 Å². The Morgan fingerprint density at radius 1 is 1.10 bits per heavy atom. The zero-order valence-corrected chi connectivity index (χ0v) is 13.2. The first kappa shape index (κ1) is 15.7. The van der Waals surface area contributed by atoms with E-state index >= 15 is 0 Å². The lowest BCUT2D eigenvalue weighted by Gasteiger charge is -2.11. The largest absolute Gasteiger partial charge is 0.483 e. The van der Waals surface area contributed by atoms with Crippen LogP contribution < -0.4 is 0 Å². The minimum absolute atomic E-state index is 0.0929. The quantitative estimate of drug-likeness (QED) is 0.592. The first-order valence-electron chi connectivity index (χ1n) is 6.70. The lowest BCUT2D eigenvalue weighted by Crippen LogP contribution is -2.12. The van der Waals surface area contributed by atoms with Crippen LogP contribution in [0.5, 0.6) is 0 Å². The van der Waals surface area contributed by atoms with Gasteiger partial charge in [0.05, 0.1) is 6.61 Å². The molecule has 0 aliphatic carbocycles. The number of ketones is 1. The minimum Gasteiger partial charge on any atom is -0.483 e. The van der Waals surface area contributed by atoms with Gasteiger partial charge >= 0.3 is 0 Å². The molecule has 0 aromatic heterocycles. The van der Waals surface area contributed by atoms with Crippen LogP contribution in [0, 0.1) is 0 Å². The molecule has 0 heterocycles. The fraction of sp³-hybridized carbons (Fsp3) is 0.176. The normalized spacial score (nSPS) is 10.2. The van der Waals surface area contributed by atoms with Crippen LogP contribution in [0.3, 0.4) is 0 Å². The third-order valence-electron chi connectivity index (χ3n) is 2.94. The van der Waals surface area contributed by atoms with E-state index in [1.54, 1.807) is 36.4 Å². The third-order valence-corrected chi connectivity index (χ3v) is 3.53. The summed E-state index contributed by atoms with van der Waals surface area (Å²) in [5, 5.41) is 0.955. The molecule has 4 heteroatoms. The fourth-order valence-electron chi connectivity index (χ4n) is 1.89. The number of rotatable bonds is 5. The highest BCUT2D eigenvalue weighted by molar-refractivity contribution is 7.80. The van der Waals surface area contributed by atoms with Gasteiger partial charge in [0.15, 0.2) is 10.8 Å². The molecule has 108 valence electrons. The van der Waals surface area contributed by atoms with Crippen LogP contribution in [-0.4, -0.2) is 17.4 Å². The topological polar surface area (TPSA) is 26.3 Å². The van der Waals surface area contributed by atoms with Crippen molar-refractivity contribution in [1.29, 1.82) is 0 Å². The second-order valence-electron chi connectivity index (χ2n) is 4.52. The number of carbonyl (C=O) groups is 1. The molecule has 21 heavy (non-hydrogen) atoms. The molecule has 0 aliphatic heterocycles. The molecule has 0 unspecified atom stereocenters. The molecule has 2 aromatic rings. The summed E-state index contributed by atoms with van der Waals surface area (Å²) in [6, 6.07) is 14.0. The van der Waals surface area contributed by atoms with E-state index in [9.17, 15) is 4.79 Å². The predicted octanol–water partition coefficient (Wildman–Crippen LogP) is 4.67. The summed E-state index contributed by atoms with van der Waals surface area (Å²) >= 11 is 11.1. The van der Waals surface area contributed by atoms with Gasteiger partial charge in [0.25, 0.3) is 0 Å². The zero-order valence-electron chi connectivity index (χ0n) is 11.6. The second kappa shape index (κ2) is 7.34. The number of benzene rings is 2. The van der Waals surface area contributed by atoms with Crippen LogP contribution in [0.4, 0.5) is 0 Å². The Balaban J connectivity index is 2.33. The average molecular weight is 319 g/mol. The molecule has 2 aromatic carbocycles. The first-order valence-corrected chi connectivity index (χ1v) is 7.48. The second-order valence-corrected chi connectivity index (χ2v) is 5.32. The maximum absolute atomic E-state index is 12.6. The Labute approximate surface area is 134 Å². The van der Waals surface area contributed by atoms with E-state index in [0.717, 1.165) is 6.42 Å². The highest BCUT2D eigenvalue weighted by atomic mass is 35.5. The maximum atomic E-state index is 12.6.